The number of rotatable bonds is 3. The van der Waals surface area contributed by atoms with Crippen LogP contribution in [-0.2, 0) is 27.9 Å². The molecule has 0 spiro atoms. The molecule has 2 N–H and O–H groups in total. The molecule has 8 nitrogen and oxygen atoms in total. The first-order chi connectivity index (χ1) is 18.9. The average molecular weight is 568 g/mol. The summed E-state index contributed by atoms with van der Waals surface area (Å²) in [5.41, 5.74) is 2.22. The third-order valence-electron chi connectivity index (χ3n) is 10.4. The summed E-state index contributed by atoms with van der Waals surface area (Å²) < 4.78 is 41.6. The van der Waals surface area contributed by atoms with Crippen molar-refractivity contribution in [2.24, 2.45) is 11.3 Å². The topological polar surface area (TPSA) is 113 Å². The monoisotopic (exact) mass is 567 g/mol. The van der Waals surface area contributed by atoms with E-state index >= 15 is 0 Å². The van der Waals surface area contributed by atoms with E-state index in [1.807, 2.05) is 6.07 Å². The summed E-state index contributed by atoms with van der Waals surface area (Å²) in [6.45, 7) is 5.71. The summed E-state index contributed by atoms with van der Waals surface area (Å²) in [5.74, 6) is 1.58. The Morgan fingerprint density at radius 2 is 1.60 bits per heavy atom. The fourth-order valence-corrected chi connectivity index (χ4v) is 9.70. The van der Waals surface area contributed by atoms with Gasteiger partial charge in [0.1, 0.15) is 5.75 Å². The largest absolute Gasteiger partial charge is 0.508 e. The van der Waals surface area contributed by atoms with Gasteiger partial charge in [0.15, 0.2) is 22.0 Å². The lowest BCUT2D eigenvalue weighted by atomic mass is 9.81. The second-order valence-corrected chi connectivity index (χ2v) is 13.9. The van der Waals surface area contributed by atoms with Gasteiger partial charge in [-0.05, 0) is 107 Å². The van der Waals surface area contributed by atoms with Crippen molar-refractivity contribution in [1.82, 2.24) is 4.90 Å². The summed E-state index contributed by atoms with van der Waals surface area (Å²) in [5, 5.41) is 14.8. The van der Waals surface area contributed by atoms with Crippen LogP contribution in [0.2, 0.25) is 0 Å². The van der Waals surface area contributed by atoms with Crippen LogP contribution in [0.4, 0.5) is 0 Å². The summed E-state index contributed by atoms with van der Waals surface area (Å²) in [6.07, 6.45) is 4.94. The SMILES string of the molecule is CC1(C)C2CCC1(S(=O)(=O)O)C(=O)C2.COc1cc2c3c(c4ccc(O)cc4c2cc1OC)CN1CCCC1C3. The maximum Gasteiger partial charge on any atom is 0.278 e. The van der Waals surface area contributed by atoms with Gasteiger partial charge in [-0.2, -0.15) is 8.42 Å². The number of hydrogen-bond donors (Lipinski definition) is 2. The van der Waals surface area contributed by atoms with Crippen molar-refractivity contribution >= 4 is 37.4 Å². The Hall–Kier alpha value is -2.88. The van der Waals surface area contributed by atoms with Crippen LogP contribution in [0.3, 0.4) is 0 Å². The van der Waals surface area contributed by atoms with Crippen molar-refractivity contribution in [2.45, 2.75) is 69.7 Å². The molecule has 2 heterocycles. The van der Waals surface area contributed by atoms with E-state index in [9.17, 15) is 22.9 Å². The average Bonchev–Trinajstić information content (AvgIpc) is 3.54. The highest BCUT2D eigenvalue weighted by molar-refractivity contribution is 7.88. The number of ketones is 1. The molecule has 3 unspecified atom stereocenters. The maximum absolute atomic E-state index is 11.7. The van der Waals surface area contributed by atoms with Crippen molar-refractivity contribution in [3.63, 3.8) is 0 Å². The van der Waals surface area contributed by atoms with Crippen molar-refractivity contribution in [3.05, 3.63) is 41.5 Å². The molecule has 2 bridgehead atoms. The number of aromatic hydroxyl groups is 1. The molecule has 40 heavy (non-hydrogen) atoms. The minimum atomic E-state index is -4.28. The number of carbonyl (C=O) groups excluding carboxylic acids is 1. The van der Waals surface area contributed by atoms with Gasteiger partial charge in [0, 0.05) is 19.0 Å². The van der Waals surface area contributed by atoms with Crippen molar-refractivity contribution in [1.29, 1.82) is 0 Å². The Bertz CT molecular complexity index is 1650. The lowest BCUT2D eigenvalue weighted by Crippen LogP contribution is -2.50. The van der Waals surface area contributed by atoms with Crippen LogP contribution >= 0.6 is 0 Å². The first kappa shape index (κ1) is 27.3. The molecule has 3 aromatic carbocycles. The van der Waals surface area contributed by atoms with Gasteiger partial charge >= 0.3 is 0 Å². The summed E-state index contributed by atoms with van der Waals surface area (Å²) >= 11 is 0. The van der Waals surface area contributed by atoms with Crippen LogP contribution in [0, 0.1) is 11.3 Å². The van der Waals surface area contributed by atoms with E-state index in [0.29, 0.717) is 18.2 Å². The highest BCUT2D eigenvalue weighted by Crippen LogP contribution is 2.61. The van der Waals surface area contributed by atoms with E-state index in [1.165, 1.54) is 41.3 Å². The minimum Gasteiger partial charge on any atom is -0.508 e. The number of ether oxygens (including phenoxy) is 2. The van der Waals surface area contributed by atoms with Gasteiger partial charge in [-0.15, -0.1) is 0 Å². The number of methoxy groups -OCH3 is 2. The zero-order valence-electron chi connectivity index (χ0n) is 23.5. The van der Waals surface area contributed by atoms with Crippen LogP contribution in [0.15, 0.2) is 30.3 Å². The second kappa shape index (κ2) is 9.33. The van der Waals surface area contributed by atoms with E-state index in [-0.39, 0.29) is 18.1 Å². The second-order valence-electron chi connectivity index (χ2n) is 12.3. The van der Waals surface area contributed by atoms with Crippen molar-refractivity contribution in [3.8, 4) is 17.2 Å². The highest BCUT2D eigenvalue weighted by atomic mass is 32.2. The number of hydrogen-bond acceptors (Lipinski definition) is 7. The smallest absolute Gasteiger partial charge is 0.278 e. The number of Topliss-reactive ketones (excluding diaryl/α,β-unsaturated/α-hetero) is 1. The molecule has 0 radical (unpaired) electrons. The van der Waals surface area contributed by atoms with Gasteiger partial charge < -0.3 is 14.6 Å². The fourth-order valence-electron chi connectivity index (χ4n) is 8.12. The molecule has 7 rings (SSSR count). The van der Waals surface area contributed by atoms with Crippen LogP contribution < -0.4 is 9.47 Å². The molecule has 3 aromatic rings. The molecule has 3 fully saturated rings. The molecule has 3 atom stereocenters. The predicted octanol–water partition coefficient (Wildman–Crippen LogP) is 5.26. The normalized spacial score (nSPS) is 26.9. The first-order valence-electron chi connectivity index (χ1n) is 14.0. The molecule has 1 saturated heterocycles. The lowest BCUT2D eigenvalue weighted by Gasteiger charge is -2.33. The molecule has 2 aliphatic carbocycles. The molecule has 2 aliphatic heterocycles. The molecule has 2 saturated carbocycles. The Labute approximate surface area is 235 Å². The summed E-state index contributed by atoms with van der Waals surface area (Å²) in [4.78, 5) is 14.3. The molecule has 0 amide bonds. The van der Waals surface area contributed by atoms with Gasteiger partial charge in [0.25, 0.3) is 10.1 Å². The van der Waals surface area contributed by atoms with E-state index < -0.39 is 20.3 Å². The zero-order valence-corrected chi connectivity index (χ0v) is 24.3. The van der Waals surface area contributed by atoms with Gasteiger partial charge in [-0.1, -0.05) is 19.9 Å². The van der Waals surface area contributed by atoms with Crippen molar-refractivity contribution < 1.29 is 32.3 Å². The van der Waals surface area contributed by atoms with Gasteiger partial charge in [0.2, 0.25) is 0 Å². The Morgan fingerprint density at radius 3 is 2.17 bits per heavy atom. The summed E-state index contributed by atoms with van der Waals surface area (Å²) in [7, 11) is -0.932. The van der Waals surface area contributed by atoms with Gasteiger partial charge in [-0.25, -0.2) is 0 Å². The molecule has 9 heteroatoms. The van der Waals surface area contributed by atoms with E-state index in [1.54, 1.807) is 34.1 Å². The fraction of sp³-hybridized carbons (Fsp3) is 0.516. The number of fused-ring (bicyclic) bond motifs is 9. The lowest BCUT2D eigenvalue weighted by molar-refractivity contribution is -0.121. The Balaban J connectivity index is 0.000000175. The third-order valence-corrected chi connectivity index (χ3v) is 12.2. The van der Waals surface area contributed by atoms with Gasteiger partial charge in [-0.3, -0.25) is 14.2 Å². The minimum absolute atomic E-state index is 0.108. The van der Waals surface area contributed by atoms with Crippen molar-refractivity contribution in [2.75, 3.05) is 20.8 Å². The summed E-state index contributed by atoms with van der Waals surface area (Å²) in [6, 6.07) is 10.5. The Kier molecular flexibility index (Phi) is 6.36. The molecular formula is C31H37NO7S. The number of benzene rings is 3. The first-order valence-corrected chi connectivity index (χ1v) is 15.4. The highest BCUT2D eigenvalue weighted by Gasteiger charge is 2.70. The molecular weight excluding hydrogens is 530 g/mol. The van der Waals surface area contributed by atoms with E-state index in [2.05, 4.69) is 23.1 Å². The van der Waals surface area contributed by atoms with Crippen LogP contribution in [-0.4, -0.2) is 60.3 Å². The van der Waals surface area contributed by atoms with Crippen LogP contribution in [0.5, 0.6) is 17.2 Å². The number of phenolic OH excluding ortho intramolecular Hbond substituents is 1. The van der Waals surface area contributed by atoms with Crippen LogP contribution in [0.1, 0.15) is 57.1 Å². The van der Waals surface area contributed by atoms with Gasteiger partial charge in [0.05, 0.1) is 14.2 Å². The quantitative estimate of drug-likeness (QED) is 0.326. The Morgan fingerprint density at radius 1 is 0.925 bits per heavy atom. The number of phenols is 1. The predicted molar refractivity (Wildman–Crippen MR) is 154 cm³/mol. The standard InChI is InChI=1S/C22H23NO3.C9H14O4S/c1-25-21-10-18-16-8-13-4-3-7-23(13)12-20(16)15-6-5-14(24)9-17(15)19(18)11-22(21)26-2;1-8(2)6-3-4-9(8,7(10)5-6)14(11,12)13/h5-6,9-11,13,24H,3-4,7-8,12H2,1-2H3;6H,3-5H2,1-2H3,(H,11,12,13). The number of carbonyl (C=O) groups is 1. The zero-order chi connectivity index (χ0) is 28.6. The third kappa shape index (κ3) is 3.77. The molecule has 214 valence electrons. The molecule has 4 aliphatic rings. The number of nitrogens with zero attached hydrogens (tertiary/aromatic N) is 1. The maximum atomic E-state index is 11.7. The van der Waals surface area contributed by atoms with E-state index in [0.717, 1.165) is 41.7 Å². The molecule has 0 aromatic heterocycles. The van der Waals surface area contributed by atoms with E-state index in [4.69, 9.17) is 9.47 Å². The van der Waals surface area contributed by atoms with Crippen LogP contribution in [0.25, 0.3) is 21.5 Å².